The van der Waals surface area contributed by atoms with Crippen molar-refractivity contribution in [1.29, 1.82) is 0 Å². The van der Waals surface area contributed by atoms with E-state index in [0.717, 1.165) is 22.3 Å². The van der Waals surface area contributed by atoms with Crippen LogP contribution in [0.15, 0.2) is 41.8 Å². The van der Waals surface area contributed by atoms with E-state index >= 15 is 0 Å². The number of sulfonamides is 1. The molecule has 0 saturated carbocycles. The maximum atomic E-state index is 12.5. The lowest BCUT2D eigenvalue weighted by atomic mass is 10.0. The summed E-state index contributed by atoms with van der Waals surface area (Å²) in [6.45, 7) is 9.23. The van der Waals surface area contributed by atoms with Gasteiger partial charge in [-0.2, -0.15) is 0 Å². The van der Waals surface area contributed by atoms with Crippen LogP contribution < -0.4 is 10.5 Å². The van der Waals surface area contributed by atoms with Crippen LogP contribution in [-0.2, 0) is 10.0 Å². The first-order valence-electron chi connectivity index (χ1n) is 6.88. The van der Waals surface area contributed by atoms with Crippen LogP contribution in [0.1, 0.15) is 22.3 Å². The predicted molar refractivity (Wildman–Crippen MR) is 92.4 cm³/mol. The number of benzene rings is 2. The van der Waals surface area contributed by atoms with Crippen LogP contribution in [0.3, 0.4) is 0 Å². The molecule has 0 aliphatic heterocycles. The molecule has 5 heteroatoms. The standard InChI is InChI=1S/C17H20N2O2S/c1-5-14-6-8-15(9-7-14)22(20,21)19-17-12(3)10-11(2)16(18)13(17)4/h5-10,19H,1,18H2,2-4H3. The Balaban J connectivity index is 2.45. The van der Waals surface area contributed by atoms with Gasteiger partial charge in [-0.1, -0.05) is 30.9 Å². The van der Waals surface area contributed by atoms with Crippen LogP contribution in [0.2, 0.25) is 0 Å². The van der Waals surface area contributed by atoms with E-state index in [1.807, 2.05) is 26.8 Å². The summed E-state index contributed by atoms with van der Waals surface area (Å²) in [5.74, 6) is 0. The molecule has 0 unspecified atom stereocenters. The van der Waals surface area contributed by atoms with Gasteiger partial charge in [-0.25, -0.2) is 8.42 Å². The number of hydrogen-bond acceptors (Lipinski definition) is 3. The molecule has 0 spiro atoms. The molecule has 0 atom stereocenters. The monoisotopic (exact) mass is 316 g/mol. The third-order valence-electron chi connectivity index (χ3n) is 3.69. The molecule has 0 aliphatic carbocycles. The summed E-state index contributed by atoms with van der Waals surface area (Å²) in [4.78, 5) is 0.205. The van der Waals surface area contributed by atoms with Crippen molar-refractivity contribution in [2.45, 2.75) is 25.7 Å². The lowest BCUT2D eigenvalue weighted by molar-refractivity contribution is 0.601. The number of nitrogens with one attached hydrogen (secondary N) is 1. The zero-order valence-electron chi connectivity index (χ0n) is 13.0. The molecular formula is C17H20N2O2S. The summed E-state index contributed by atoms with van der Waals surface area (Å²) >= 11 is 0. The highest BCUT2D eigenvalue weighted by atomic mass is 32.2. The fourth-order valence-electron chi connectivity index (χ4n) is 2.33. The second-order valence-corrected chi connectivity index (χ2v) is 6.99. The number of anilines is 2. The molecule has 0 bridgehead atoms. The Bertz CT molecular complexity index is 823. The van der Waals surface area contributed by atoms with Crippen LogP contribution in [0.4, 0.5) is 11.4 Å². The molecular weight excluding hydrogens is 296 g/mol. The van der Waals surface area contributed by atoms with Gasteiger partial charge in [-0.05, 0) is 55.2 Å². The smallest absolute Gasteiger partial charge is 0.261 e. The van der Waals surface area contributed by atoms with Gasteiger partial charge in [0, 0.05) is 5.69 Å². The summed E-state index contributed by atoms with van der Waals surface area (Å²) in [6.07, 6.45) is 1.67. The van der Waals surface area contributed by atoms with Gasteiger partial charge in [0.15, 0.2) is 0 Å². The first-order chi connectivity index (χ1) is 10.3. The Morgan fingerprint density at radius 3 is 2.23 bits per heavy atom. The summed E-state index contributed by atoms with van der Waals surface area (Å²) < 4.78 is 27.7. The van der Waals surface area contributed by atoms with Crippen molar-refractivity contribution in [3.05, 3.63) is 59.2 Å². The van der Waals surface area contributed by atoms with E-state index in [9.17, 15) is 8.42 Å². The van der Waals surface area contributed by atoms with Gasteiger partial charge in [-0.15, -0.1) is 0 Å². The van der Waals surface area contributed by atoms with Gasteiger partial charge in [0.05, 0.1) is 10.6 Å². The Morgan fingerprint density at radius 2 is 1.68 bits per heavy atom. The molecule has 0 radical (unpaired) electrons. The van der Waals surface area contributed by atoms with E-state index < -0.39 is 10.0 Å². The lowest BCUT2D eigenvalue weighted by Crippen LogP contribution is -2.15. The molecule has 0 heterocycles. The second-order valence-electron chi connectivity index (χ2n) is 5.30. The van der Waals surface area contributed by atoms with Crippen molar-refractivity contribution >= 4 is 27.5 Å². The summed E-state index contributed by atoms with van der Waals surface area (Å²) in [5, 5.41) is 0. The van der Waals surface area contributed by atoms with Crippen LogP contribution in [0.25, 0.3) is 6.08 Å². The maximum Gasteiger partial charge on any atom is 0.261 e. The Morgan fingerprint density at radius 1 is 1.09 bits per heavy atom. The molecule has 116 valence electrons. The largest absolute Gasteiger partial charge is 0.398 e. The van der Waals surface area contributed by atoms with Crippen LogP contribution >= 0.6 is 0 Å². The minimum atomic E-state index is -3.65. The van der Waals surface area contributed by atoms with Gasteiger partial charge < -0.3 is 5.73 Å². The summed E-state index contributed by atoms with van der Waals surface area (Å²) in [6, 6.07) is 8.42. The van der Waals surface area contributed by atoms with E-state index in [1.165, 1.54) is 0 Å². The average Bonchev–Trinajstić information content (AvgIpc) is 2.49. The minimum Gasteiger partial charge on any atom is -0.398 e. The quantitative estimate of drug-likeness (QED) is 0.846. The van der Waals surface area contributed by atoms with Crippen LogP contribution in [0.5, 0.6) is 0 Å². The number of aryl methyl sites for hydroxylation is 2. The molecule has 0 aliphatic rings. The molecule has 2 aromatic rings. The first-order valence-corrected chi connectivity index (χ1v) is 8.36. The van der Waals surface area contributed by atoms with Gasteiger partial charge in [0.1, 0.15) is 0 Å². The highest BCUT2D eigenvalue weighted by molar-refractivity contribution is 7.92. The normalized spacial score (nSPS) is 11.2. The SMILES string of the molecule is C=Cc1ccc(S(=O)(=O)Nc2c(C)cc(C)c(N)c2C)cc1. The van der Waals surface area contributed by atoms with Gasteiger partial charge in [-0.3, -0.25) is 4.72 Å². The predicted octanol–water partition coefficient (Wildman–Crippen LogP) is 3.64. The van der Waals surface area contributed by atoms with Crippen LogP contribution in [-0.4, -0.2) is 8.42 Å². The van der Waals surface area contributed by atoms with Crippen molar-refractivity contribution in [1.82, 2.24) is 0 Å². The summed E-state index contributed by atoms with van der Waals surface area (Å²) in [7, 11) is -3.65. The van der Waals surface area contributed by atoms with Crippen molar-refractivity contribution in [3.8, 4) is 0 Å². The maximum absolute atomic E-state index is 12.5. The molecule has 3 N–H and O–H groups in total. The molecule has 2 aromatic carbocycles. The summed E-state index contributed by atoms with van der Waals surface area (Å²) in [5.41, 5.74) is 10.5. The van der Waals surface area contributed by atoms with E-state index in [0.29, 0.717) is 11.4 Å². The van der Waals surface area contributed by atoms with E-state index in [4.69, 9.17) is 5.73 Å². The Kier molecular flexibility index (Phi) is 4.28. The highest BCUT2D eigenvalue weighted by Gasteiger charge is 2.18. The topological polar surface area (TPSA) is 72.2 Å². The zero-order valence-corrected chi connectivity index (χ0v) is 13.8. The van der Waals surface area contributed by atoms with Gasteiger partial charge in [0.2, 0.25) is 0 Å². The molecule has 2 rings (SSSR count). The third kappa shape index (κ3) is 2.99. The average molecular weight is 316 g/mol. The highest BCUT2D eigenvalue weighted by Crippen LogP contribution is 2.30. The number of hydrogen-bond donors (Lipinski definition) is 2. The number of nitrogens with two attached hydrogens (primary N) is 1. The van der Waals surface area contributed by atoms with Crippen molar-refractivity contribution < 1.29 is 8.42 Å². The molecule has 0 fully saturated rings. The Hall–Kier alpha value is -2.27. The fourth-order valence-corrected chi connectivity index (χ4v) is 3.53. The fraction of sp³-hybridized carbons (Fsp3) is 0.176. The van der Waals surface area contributed by atoms with E-state index in [2.05, 4.69) is 11.3 Å². The minimum absolute atomic E-state index is 0.205. The first kappa shape index (κ1) is 16.1. The van der Waals surface area contributed by atoms with Crippen molar-refractivity contribution in [2.24, 2.45) is 0 Å². The van der Waals surface area contributed by atoms with Gasteiger partial charge in [0.25, 0.3) is 10.0 Å². The zero-order chi connectivity index (χ0) is 16.5. The molecule has 4 nitrogen and oxygen atoms in total. The second kappa shape index (κ2) is 5.85. The molecule has 0 aromatic heterocycles. The lowest BCUT2D eigenvalue weighted by Gasteiger charge is -2.16. The number of nitrogen functional groups attached to an aromatic ring is 1. The third-order valence-corrected chi connectivity index (χ3v) is 5.06. The van der Waals surface area contributed by atoms with Crippen molar-refractivity contribution in [2.75, 3.05) is 10.5 Å². The van der Waals surface area contributed by atoms with Crippen LogP contribution in [0, 0.1) is 20.8 Å². The molecule has 22 heavy (non-hydrogen) atoms. The van der Waals surface area contributed by atoms with Crippen molar-refractivity contribution in [3.63, 3.8) is 0 Å². The van der Waals surface area contributed by atoms with E-state index in [1.54, 1.807) is 30.3 Å². The van der Waals surface area contributed by atoms with Gasteiger partial charge >= 0.3 is 0 Å². The number of rotatable bonds is 4. The Labute approximate surface area is 131 Å². The molecule has 0 saturated heterocycles. The van der Waals surface area contributed by atoms with E-state index in [-0.39, 0.29) is 4.90 Å². The molecule has 0 amide bonds.